The molecule has 1 atom stereocenters. The molecule has 1 saturated carbocycles. The Morgan fingerprint density at radius 3 is 2.59 bits per heavy atom. The molecule has 7 heteroatoms. The average Bonchev–Trinajstić information content (AvgIpc) is 3.54. The number of rotatable bonds is 7. The quantitative estimate of drug-likeness (QED) is 0.487. The fourth-order valence-electron chi connectivity index (χ4n) is 5.16. The number of amides is 1. The summed E-state index contributed by atoms with van der Waals surface area (Å²) in [6.45, 7) is 6.42. The Bertz CT molecular complexity index is 1180. The van der Waals surface area contributed by atoms with Crippen molar-refractivity contribution in [2.75, 3.05) is 19.7 Å². The maximum atomic E-state index is 13.6. The lowest BCUT2D eigenvalue weighted by Gasteiger charge is -2.41. The van der Waals surface area contributed by atoms with Gasteiger partial charge in [0.25, 0.3) is 0 Å². The number of nitrogens with zero attached hydrogens (tertiary/aromatic N) is 3. The van der Waals surface area contributed by atoms with E-state index in [2.05, 4.69) is 36.9 Å². The van der Waals surface area contributed by atoms with Crippen LogP contribution in [0.15, 0.2) is 42.6 Å². The zero-order valence-corrected chi connectivity index (χ0v) is 19.8. The fraction of sp³-hybridized carbons (Fsp3) is 0.481. The van der Waals surface area contributed by atoms with Crippen LogP contribution in [-0.4, -0.2) is 45.6 Å². The lowest BCUT2D eigenvalue weighted by molar-refractivity contribution is 0.00554. The number of likely N-dealkylation sites (tertiary alicyclic amines) is 1. The number of hydrogen-bond acceptors (Lipinski definition) is 3. The number of aromatic nitrogens is 2. The third-order valence-electron chi connectivity index (χ3n) is 7.47. The largest absolute Gasteiger partial charge is 0.465 e. The summed E-state index contributed by atoms with van der Waals surface area (Å²) >= 11 is 0. The fourth-order valence-corrected chi connectivity index (χ4v) is 5.16. The number of aryl methyl sites for hydroxylation is 1. The van der Waals surface area contributed by atoms with Gasteiger partial charge in [0.1, 0.15) is 5.82 Å². The number of fused-ring (bicyclic) bond motifs is 1. The van der Waals surface area contributed by atoms with Gasteiger partial charge in [-0.15, -0.1) is 0 Å². The van der Waals surface area contributed by atoms with Crippen molar-refractivity contribution in [1.29, 1.82) is 0 Å². The van der Waals surface area contributed by atoms with Gasteiger partial charge in [0.15, 0.2) is 0 Å². The first-order chi connectivity index (χ1) is 16.3. The third kappa shape index (κ3) is 4.67. The van der Waals surface area contributed by atoms with Crippen molar-refractivity contribution in [1.82, 2.24) is 14.7 Å². The highest BCUT2D eigenvalue weighted by molar-refractivity contribution is 5.82. The van der Waals surface area contributed by atoms with E-state index in [0.717, 1.165) is 34.5 Å². The highest BCUT2D eigenvalue weighted by atomic mass is 19.1. The highest BCUT2D eigenvalue weighted by Gasteiger charge is 2.38. The minimum atomic E-state index is -0.897. The maximum Gasteiger partial charge on any atom is 0.407 e. The summed E-state index contributed by atoms with van der Waals surface area (Å²) in [5.41, 5.74) is 3.86. The molecule has 2 aliphatic rings. The number of halogens is 1. The monoisotopic (exact) mass is 465 g/mol. The first kappa shape index (κ1) is 22.8. The summed E-state index contributed by atoms with van der Waals surface area (Å²) in [5, 5.41) is 15.4. The van der Waals surface area contributed by atoms with E-state index in [0.29, 0.717) is 32.5 Å². The maximum absolute atomic E-state index is 13.6. The average molecular weight is 466 g/mol. The topological polar surface area (TPSA) is 67.6 Å². The third-order valence-corrected chi connectivity index (χ3v) is 7.47. The summed E-state index contributed by atoms with van der Waals surface area (Å²) in [7, 11) is 0. The van der Waals surface area contributed by atoms with Gasteiger partial charge in [-0.1, -0.05) is 18.2 Å². The Morgan fingerprint density at radius 2 is 1.94 bits per heavy atom. The predicted octanol–water partition coefficient (Wildman–Crippen LogP) is 5.68. The van der Waals surface area contributed by atoms with Crippen molar-refractivity contribution in [3.8, 4) is 0 Å². The van der Waals surface area contributed by atoms with Gasteiger partial charge in [0.05, 0.1) is 18.2 Å². The van der Waals surface area contributed by atoms with E-state index in [-0.39, 0.29) is 17.3 Å². The van der Waals surface area contributed by atoms with Gasteiger partial charge < -0.3 is 14.7 Å². The van der Waals surface area contributed by atoms with Gasteiger partial charge in [-0.05, 0) is 74.8 Å². The smallest absolute Gasteiger partial charge is 0.407 e. The Hall–Kier alpha value is -2.93. The molecule has 0 bridgehead atoms. The molecule has 1 unspecified atom stereocenters. The van der Waals surface area contributed by atoms with Crippen LogP contribution in [0.5, 0.6) is 0 Å². The highest BCUT2D eigenvalue weighted by Crippen LogP contribution is 2.38. The molecule has 1 amide bonds. The van der Waals surface area contributed by atoms with Gasteiger partial charge in [0.2, 0.25) is 0 Å². The first-order valence-electron chi connectivity index (χ1n) is 12.2. The standard InChI is InChI=1S/C27H32FN3O3/c1-18-13-21-16-31(15-20-3-4-20)29-25(21)24(14-18)19(2)34-17-27(22-5-7-23(28)8-6-22)9-11-30(12-10-27)26(32)33/h5-8,13-14,16,19-20H,3-4,9-12,15,17H2,1-2H3,(H,32,33). The number of ether oxygens (including phenoxy) is 1. The van der Waals surface area contributed by atoms with Gasteiger partial charge in [-0.25, -0.2) is 9.18 Å². The zero-order chi connectivity index (χ0) is 23.9. The second kappa shape index (κ2) is 9.02. The van der Waals surface area contributed by atoms with E-state index in [1.165, 1.54) is 35.4 Å². The number of carboxylic acid groups (broad SMARTS) is 1. The first-order valence-corrected chi connectivity index (χ1v) is 12.2. The van der Waals surface area contributed by atoms with Crippen molar-refractivity contribution in [3.63, 3.8) is 0 Å². The van der Waals surface area contributed by atoms with Crippen molar-refractivity contribution in [2.24, 2.45) is 5.92 Å². The number of hydrogen-bond donors (Lipinski definition) is 1. The summed E-state index contributed by atoms with van der Waals surface area (Å²) in [6, 6.07) is 10.9. The summed E-state index contributed by atoms with van der Waals surface area (Å²) in [4.78, 5) is 12.9. The van der Waals surface area contributed by atoms with Crippen LogP contribution in [0.2, 0.25) is 0 Å². The Balaban J connectivity index is 1.39. The normalized spacial score (nSPS) is 18.9. The molecule has 1 aromatic heterocycles. The molecule has 1 aliphatic heterocycles. The molecule has 34 heavy (non-hydrogen) atoms. The van der Waals surface area contributed by atoms with Crippen LogP contribution in [-0.2, 0) is 16.7 Å². The second-order valence-corrected chi connectivity index (χ2v) is 10.1. The van der Waals surface area contributed by atoms with E-state index in [9.17, 15) is 14.3 Å². The van der Waals surface area contributed by atoms with Crippen LogP contribution in [0.25, 0.3) is 10.9 Å². The van der Waals surface area contributed by atoms with Crippen molar-refractivity contribution in [3.05, 3.63) is 65.1 Å². The summed E-state index contributed by atoms with van der Waals surface area (Å²) in [6.07, 6.45) is 4.90. The molecule has 1 N–H and O–H groups in total. The van der Waals surface area contributed by atoms with Crippen LogP contribution >= 0.6 is 0 Å². The van der Waals surface area contributed by atoms with Crippen LogP contribution in [0.1, 0.15) is 55.4 Å². The van der Waals surface area contributed by atoms with Crippen LogP contribution in [0, 0.1) is 18.7 Å². The van der Waals surface area contributed by atoms with Gasteiger partial charge in [-0.3, -0.25) is 4.68 Å². The van der Waals surface area contributed by atoms with Crippen LogP contribution in [0.4, 0.5) is 9.18 Å². The lowest BCUT2D eigenvalue weighted by Crippen LogP contribution is -2.47. The lowest BCUT2D eigenvalue weighted by atomic mass is 9.73. The Labute approximate surface area is 199 Å². The molecule has 0 spiro atoms. The van der Waals surface area contributed by atoms with Crippen molar-refractivity contribution < 1.29 is 19.0 Å². The van der Waals surface area contributed by atoms with Crippen molar-refractivity contribution >= 4 is 17.0 Å². The number of benzene rings is 2. The van der Waals surface area contributed by atoms with Crippen LogP contribution < -0.4 is 0 Å². The van der Waals surface area contributed by atoms with E-state index in [1.54, 1.807) is 0 Å². The summed E-state index contributed by atoms with van der Waals surface area (Å²) in [5.74, 6) is 0.472. The Morgan fingerprint density at radius 1 is 1.24 bits per heavy atom. The minimum absolute atomic E-state index is 0.179. The van der Waals surface area contributed by atoms with Crippen LogP contribution in [0.3, 0.4) is 0 Å². The zero-order valence-electron chi connectivity index (χ0n) is 19.8. The second-order valence-electron chi connectivity index (χ2n) is 10.1. The molecule has 5 rings (SSSR count). The van der Waals surface area contributed by atoms with Gasteiger partial charge in [0, 0.05) is 42.2 Å². The molecule has 1 saturated heterocycles. The van der Waals surface area contributed by atoms with E-state index in [1.807, 2.05) is 12.1 Å². The molecule has 6 nitrogen and oxygen atoms in total. The number of carbonyl (C=O) groups is 1. The Kier molecular flexibility index (Phi) is 6.06. The van der Waals surface area contributed by atoms with Gasteiger partial charge in [-0.2, -0.15) is 5.10 Å². The summed E-state index contributed by atoms with van der Waals surface area (Å²) < 4.78 is 22.2. The molecule has 2 heterocycles. The molecule has 0 radical (unpaired) electrons. The minimum Gasteiger partial charge on any atom is -0.465 e. The molecule has 180 valence electrons. The van der Waals surface area contributed by atoms with Crippen molar-refractivity contribution in [2.45, 2.75) is 57.6 Å². The molecule has 2 fully saturated rings. The molecular formula is C27H32FN3O3. The predicted molar refractivity (Wildman–Crippen MR) is 128 cm³/mol. The molecular weight excluding hydrogens is 433 g/mol. The molecule has 3 aromatic rings. The van der Waals surface area contributed by atoms with E-state index < -0.39 is 6.09 Å². The van der Waals surface area contributed by atoms with E-state index >= 15 is 0 Å². The SMILES string of the molecule is Cc1cc(C(C)OCC2(c3ccc(F)cc3)CCN(C(=O)O)CC2)c2nn(CC3CC3)cc2c1. The van der Waals surface area contributed by atoms with E-state index in [4.69, 9.17) is 9.84 Å². The van der Waals surface area contributed by atoms with Gasteiger partial charge >= 0.3 is 6.09 Å². The molecule has 2 aromatic carbocycles. The molecule has 1 aliphatic carbocycles. The number of piperidine rings is 1.